The van der Waals surface area contributed by atoms with Crippen molar-refractivity contribution in [3.63, 3.8) is 0 Å². The van der Waals surface area contributed by atoms with Crippen LogP contribution < -0.4 is 15.5 Å². The van der Waals surface area contributed by atoms with Gasteiger partial charge in [0.1, 0.15) is 0 Å². The molecule has 2 N–H and O–H groups in total. The van der Waals surface area contributed by atoms with E-state index < -0.39 is 0 Å². The van der Waals surface area contributed by atoms with Crippen molar-refractivity contribution in [3.8, 4) is 0 Å². The molecule has 7 nitrogen and oxygen atoms in total. The highest BCUT2D eigenvalue weighted by molar-refractivity contribution is 9.10. The topological polar surface area (TPSA) is 91.7 Å². The van der Waals surface area contributed by atoms with Gasteiger partial charge in [-0.25, -0.2) is 0 Å². The molecular formula is C21H18BrN3O4. The van der Waals surface area contributed by atoms with Crippen molar-refractivity contribution in [2.45, 2.75) is 6.92 Å². The molecule has 2 aromatic carbocycles. The standard InChI is InChI=1S/C21H18BrN3O4/c1-13(26)23-14-7-9-15(10-8-14)24-20(27)16-5-3-4-6-17(16)25(2)21(28)18-11-12-19(22)29-18/h3-12H,1-2H3,(H,23,26)(H,24,27). The van der Waals surface area contributed by atoms with Crippen LogP contribution in [-0.2, 0) is 4.79 Å². The third-order valence-corrected chi connectivity index (χ3v) is 4.49. The maximum absolute atomic E-state index is 12.8. The van der Waals surface area contributed by atoms with Crippen molar-refractivity contribution in [3.05, 3.63) is 76.7 Å². The smallest absolute Gasteiger partial charge is 0.293 e. The lowest BCUT2D eigenvalue weighted by Crippen LogP contribution is -2.28. The SMILES string of the molecule is CC(=O)Nc1ccc(NC(=O)c2ccccc2N(C)C(=O)c2ccc(Br)o2)cc1. The molecule has 8 heteroatoms. The molecule has 0 radical (unpaired) electrons. The Morgan fingerprint density at radius 3 is 2.10 bits per heavy atom. The Kier molecular flexibility index (Phi) is 6.13. The van der Waals surface area contributed by atoms with Crippen molar-refractivity contribution in [1.29, 1.82) is 0 Å². The Balaban J connectivity index is 1.79. The van der Waals surface area contributed by atoms with E-state index >= 15 is 0 Å². The molecule has 0 atom stereocenters. The highest BCUT2D eigenvalue weighted by Gasteiger charge is 2.22. The molecule has 3 amide bonds. The number of rotatable bonds is 5. The van der Waals surface area contributed by atoms with E-state index in [1.54, 1.807) is 67.7 Å². The van der Waals surface area contributed by atoms with E-state index in [9.17, 15) is 14.4 Å². The maximum Gasteiger partial charge on any atom is 0.293 e. The lowest BCUT2D eigenvalue weighted by atomic mass is 10.1. The van der Waals surface area contributed by atoms with Gasteiger partial charge in [0.15, 0.2) is 10.4 Å². The second kappa shape index (κ2) is 8.74. The summed E-state index contributed by atoms with van der Waals surface area (Å²) in [6.45, 7) is 1.42. The second-order valence-electron chi connectivity index (χ2n) is 6.20. The summed E-state index contributed by atoms with van der Waals surface area (Å²) < 4.78 is 5.76. The molecule has 0 fully saturated rings. The van der Waals surface area contributed by atoms with E-state index in [4.69, 9.17) is 4.42 Å². The van der Waals surface area contributed by atoms with Crippen LogP contribution in [0.5, 0.6) is 0 Å². The van der Waals surface area contributed by atoms with Gasteiger partial charge in [-0.1, -0.05) is 12.1 Å². The zero-order valence-corrected chi connectivity index (χ0v) is 17.3. The average molecular weight is 456 g/mol. The van der Waals surface area contributed by atoms with E-state index in [-0.39, 0.29) is 23.5 Å². The van der Waals surface area contributed by atoms with E-state index in [0.717, 1.165) is 0 Å². The molecule has 3 rings (SSSR count). The molecule has 0 bridgehead atoms. The largest absolute Gasteiger partial charge is 0.444 e. The van der Waals surface area contributed by atoms with Crippen LogP contribution in [0.2, 0.25) is 0 Å². The van der Waals surface area contributed by atoms with Crippen LogP contribution in [0.25, 0.3) is 0 Å². The molecule has 29 heavy (non-hydrogen) atoms. The molecule has 1 heterocycles. The molecule has 0 saturated heterocycles. The van der Waals surface area contributed by atoms with Gasteiger partial charge in [-0.3, -0.25) is 14.4 Å². The molecule has 0 aliphatic heterocycles. The van der Waals surface area contributed by atoms with Gasteiger partial charge in [-0.2, -0.15) is 0 Å². The number of amides is 3. The van der Waals surface area contributed by atoms with Crippen LogP contribution in [0.4, 0.5) is 17.1 Å². The molecule has 3 aromatic rings. The van der Waals surface area contributed by atoms with Crippen LogP contribution in [0.1, 0.15) is 27.8 Å². The zero-order chi connectivity index (χ0) is 21.0. The molecule has 0 saturated carbocycles. The summed E-state index contributed by atoms with van der Waals surface area (Å²) in [6, 6.07) is 16.7. The predicted molar refractivity (Wildman–Crippen MR) is 114 cm³/mol. The summed E-state index contributed by atoms with van der Waals surface area (Å²) in [5, 5.41) is 5.46. The Morgan fingerprint density at radius 2 is 1.52 bits per heavy atom. The van der Waals surface area contributed by atoms with E-state index in [1.807, 2.05) is 0 Å². The van der Waals surface area contributed by atoms with Gasteiger partial charge >= 0.3 is 0 Å². The number of hydrogen-bond donors (Lipinski definition) is 2. The van der Waals surface area contributed by atoms with Gasteiger partial charge in [0.25, 0.3) is 11.8 Å². The fraction of sp³-hybridized carbons (Fsp3) is 0.0952. The van der Waals surface area contributed by atoms with Crippen molar-refractivity contribution >= 4 is 50.7 Å². The first-order valence-corrected chi connectivity index (χ1v) is 9.46. The quantitative estimate of drug-likeness (QED) is 0.590. The molecule has 0 aliphatic carbocycles. The van der Waals surface area contributed by atoms with E-state index in [1.165, 1.54) is 11.8 Å². The number of benzene rings is 2. The van der Waals surface area contributed by atoms with E-state index in [0.29, 0.717) is 27.3 Å². The molecule has 0 spiro atoms. The number of hydrogen-bond acceptors (Lipinski definition) is 4. The predicted octanol–water partition coefficient (Wildman–Crippen LogP) is 4.53. The van der Waals surface area contributed by atoms with E-state index in [2.05, 4.69) is 26.6 Å². The number of para-hydroxylation sites is 1. The van der Waals surface area contributed by atoms with Gasteiger partial charge in [-0.05, 0) is 64.5 Å². The molecule has 0 unspecified atom stereocenters. The summed E-state index contributed by atoms with van der Waals surface area (Å²) in [5.41, 5.74) is 1.96. The Labute approximate surface area is 175 Å². The summed E-state index contributed by atoms with van der Waals surface area (Å²) >= 11 is 3.17. The summed E-state index contributed by atoms with van der Waals surface area (Å²) in [6.07, 6.45) is 0. The molecular weight excluding hydrogens is 438 g/mol. The summed E-state index contributed by atoms with van der Waals surface area (Å²) in [7, 11) is 1.58. The van der Waals surface area contributed by atoms with Gasteiger partial charge in [0.05, 0.1) is 11.3 Å². The first kappa shape index (κ1) is 20.3. The number of halogens is 1. The van der Waals surface area contributed by atoms with Crippen molar-refractivity contribution < 1.29 is 18.8 Å². The summed E-state index contributed by atoms with van der Waals surface area (Å²) in [4.78, 5) is 37.9. The Hall–Kier alpha value is -3.39. The lowest BCUT2D eigenvalue weighted by Gasteiger charge is -2.19. The maximum atomic E-state index is 12.8. The van der Waals surface area contributed by atoms with Gasteiger partial charge in [0, 0.05) is 25.3 Å². The number of nitrogens with one attached hydrogen (secondary N) is 2. The Bertz CT molecular complexity index is 1060. The van der Waals surface area contributed by atoms with Crippen molar-refractivity contribution in [2.24, 2.45) is 0 Å². The molecule has 1 aromatic heterocycles. The fourth-order valence-electron chi connectivity index (χ4n) is 2.70. The average Bonchev–Trinajstić information content (AvgIpc) is 3.14. The van der Waals surface area contributed by atoms with Crippen LogP contribution >= 0.6 is 15.9 Å². The van der Waals surface area contributed by atoms with Crippen LogP contribution in [0.15, 0.2) is 69.8 Å². The number of furan rings is 1. The first-order chi connectivity index (χ1) is 13.8. The highest BCUT2D eigenvalue weighted by Crippen LogP contribution is 2.24. The summed E-state index contributed by atoms with van der Waals surface area (Å²) in [5.74, 6) is -0.765. The zero-order valence-electron chi connectivity index (χ0n) is 15.7. The van der Waals surface area contributed by atoms with Crippen LogP contribution in [-0.4, -0.2) is 24.8 Å². The number of carbonyl (C=O) groups is 3. The van der Waals surface area contributed by atoms with Crippen LogP contribution in [0.3, 0.4) is 0 Å². The Morgan fingerprint density at radius 1 is 0.897 bits per heavy atom. The fourth-order valence-corrected chi connectivity index (χ4v) is 3.01. The third-order valence-electron chi connectivity index (χ3n) is 4.06. The van der Waals surface area contributed by atoms with Crippen molar-refractivity contribution in [1.82, 2.24) is 0 Å². The highest BCUT2D eigenvalue weighted by atomic mass is 79.9. The minimum atomic E-state index is -0.379. The molecule has 0 aliphatic rings. The normalized spacial score (nSPS) is 10.3. The lowest BCUT2D eigenvalue weighted by molar-refractivity contribution is -0.114. The first-order valence-electron chi connectivity index (χ1n) is 8.66. The number of nitrogens with zero attached hydrogens (tertiary/aromatic N) is 1. The second-order valence-corrected chi connectivity index (χ2v) is 6.98. The molecule has 148 valence electrons. The number of anilines is 3. The number of carbonyl (C=O) groups excluding carboxylic acids is 3. The van der Waals surface area contributed by atoms with Crippen LogP contribution in [0, 0.1) is 0 Å². The monoisotopic (exact) mass is 455 g/mol. The van der Waals surface area contributed by atoms with Gasteiger partial charge in [0.2, 0.25) is 5.91 Å². The minimum absolute atomic E-state index is 0.156. The minimum Gasteiger partial charge on any atom is -0.444 e. The van der Waals surface area contributed by atoms with Gasteiger partial charge in [-0.15, -0.1) is 0 Å². The third kappa shape index (κ3) is 4.91. The van der Waals surface area contributed by atoms with Crippen molar-refractivity contribution in [2.75, 3.05) is 22.6 Å². The van der Waals surface area contributed by atoms with Gasteiger partial charge < -0.3 is 20.0 Å².